The predicted molar refractivity (Wildman–Crippen MR) is 85.0 cm³/mol. The zero-order valence-corrected chi connectivity index (χ0v) is 12.6. The highest BCUT2D eigenvalue weighted by Gasteiger charge is 2.10. The minimum absolute atomic E-state index is 0.126. The number of hydrogen-bond donors (Lipinski definition) is 2. The van der Waals surface area contributed by atoms with Crippen molar-refractivity contribution in [1.82, 2.24) is 5.32 Å². The number of nitrogens with one attached hydrogen (secondary N) is 2. The predicted octanol–water partition coefficient (Wildman–Crippen LogP) is 4.23. The number of halogens is 1. The molecule has 0 radical (unpaired) electrons. The first-order chi connectivity index (χ1) is 10.1. The van der Waals surface area contributed by atoms with E-state index in [1.165, 1.54) is 0 Å². The number of benzene rings is 2. The molecule has 0 heterocycles. The van der Waals surface area contributed by atoms with Gasteiger partial charge >= 0.3 is 6.03 Å². The molecule has 0 aromatic heterocycles. The molecule has 0 fully saturated rings. The van der Waals surface area contributed by atoms with E-state index in [4.69, 9.17) is 16.3 Å². The third-order valence-corrected chi connectivity index (χ3v) is 3.42. The van der Waals surface area contributed by atoms with E-state index < -0.39 is 0 Å². The number of ether oxygens (including phenoxy) is 1. The van der Waals surface area contributed by atoms with Crippen LogP contribution in [0.15, 0.2) is 48.5 Å². The zero-order valence-electron chi connectivity index (χ0n) is 11.9. The fourth-order valence-electron chi connectivity index (χ4n) is 1.89. The van der Waals surface area contributed by atoms with Crippen LogP contribution in [-0.4, -0.2) is 13.1 Å². The van der Waals surface area contributed by atoms with Crippen LogP contribution in [0.4, 0.5) is 10.5 Å². The Morgan fingerprint density at radius 3 is 2.43 bits per heavy atom. The monoisotopic (exact) mass is 304 g/mol. The highest BCUT2D eigenvalue weighted by atomic mass is 35.5. The summed E-state index contributed by atoms with van der Waals surface area (Å²) in [5.41, 5.74) is 1.57. The molecule has 2 aromatic carbocycles. The molecule has 21 heavy (non-hydrogen) atoms. The van der Waals surface area contributed by atoms with Gasteiger partial charge in [-0.25, -0.2) is 4.79 Å². The number of carbonyl (C=O) groups is 1. The number of para-hydroxylation sites is 1. The summed E-state index contributed by atoms with van der Waals surface area (Å²) in [6.45, 7) is 1.91. The molecule has 5 heteroatoms. The SMILES string of the molecule is COc1ccc([C@H](C)NC(=O)Nc2ccccc2Cl)cc1. The molecule has 0 aliphatic heterocycles. The average Bonchev–Trinajstić information content (AvgIpc) is 2.49. The molecule has 1 atom stereocenters. The van der Waals surface area contributed by atoms with Crippen LogP contribution in [0.25, 0.3) is 0 Å². The quantitative estimate of drug-likeness (QED) is 0.888. The highest BCUT2D eigenvalue weighted by molar-refractivity contribution is 6.33. The van der Waals surface area contributed by atoms with Gasteiger partial charge in [-0.15, -0.1) is 0 Å². The van der Waals surface area contributed by atoms with Crippen LogP contribution in [-0.2, 0) is 0 Å². The van der Waals surface area contributed by atoms with Gasteiger partial charge in [-0.3, -0.25) is 0 Å². The molecular formula is C16H17ClN2O2. The maximum atomic E-state index is 12.0. The molecule has 0 saturated heterocycles. The van der Waals surface area contributed by atoms with Crippen molar-refractivity contribution in [3.63, 3.8) is 0 Å². The number of amides is 2. The lowest BCUT2D eigenvalue weighted by Crippen LogP contribution is -2.31. The first kappa shape index (κ1) is 15.2. The van der Waals surface area contributed by atoms with Crippen LogP contribution in [0.5, 0.6) is 5.75 Å². The Labute approximate surface area is 129 Å². The topological polar surface area (TPSA) is 50.4 Å². The molecule has 0 aliphatic carbocycles. The average molecular weight is 305 g/mol. The third kappa shape index (κ3) is 4.13. The van der Waals surface area contributed by atoms with Gasteiger partial charge in [0.15, 0.2) is 0 Å². The molecule has 0 bridgehead atoms. The minimum Gasteiger partial charge on any atom is -0.497 e. The summed E-state index contributed by atoms with van der Waals surface area (Å²) >= 11 is 6.00. The largest absolute Gasteiger partial charge is 0.497 e. The van der Waals surface area contributed by atoms with E-state index in [1.54, 1.807) is 19.2 Å². The van der Waals surface area contributed by atoms with Crippen molar-refractivity contribution in [1.29, 1.82) is 0 Å². The lowest BCUT2D eigenvalue weighted by molar-refractivity contribution is 0.249. The standard InChI is InChI=1S/C16H17ClN2O2/c1-11(12-7-9-13(21-2)10-8-12)18-16(20)19-15-6-4-3-5-14(15)17/h3-11H,1-2H3,(H2,18,19,20)/t11-/m0/s1. The van der Waals surface area contributed by atoms with E-state index in [0.29, 0.717) is 10.7 Å². The van der Waals surface area contributed by atoms with Crippen molar-refractivity contribution < 1.29 is 9.53 Å². The fourth-order valence-corrected chi connectivity index (χ4v) is 2.08. The second-order valence-electron chi connectivity index (χ2n) is 4.57. The molecular weight excluding hydrogens is 288 g/mol. The van der Waals surface area contributed by atoms with E-state index in [-0.39, 0.29) is 12.1 Å². The normalized spacial score (nSPS) is 11.6. The number of hydrogen-bond acceptors (Lipinski definition) is 2. The summed E-state index contributed by atoms with van der Waals surface area (Å²) in [6, 6.07) is 14.2. The van der Waals surface area contributed by atoms with Gasteiger partial charge in [0, 0.05) is 0 Å². The second-order valence-corrected chi connectivity index (χ2v) is 4.98. The van der Waals surface area contributed by atoms with Gasteiger partial charge in [-0.2, -0.15) is 0 Å². The van der Waals surface area contributed by atoms with Gasteiger partial charge in [0.25, 0.3) is 0 Å². The smallest absolute Gasteiger partial charge is 0.319 e. The zero-order chi connectivity index (χ0) is 15.2. The van der Waals surface area contributed by atoms with Crippen LogP contribution < -0.4 is 15.4 Å². The van der Waals surface area contributed by atoms with Crippen LogP contribution in [0, 0.1) is 0 Å². The molecule has 0 aliphatic rings. The fraction of sp³-hybridized carbons (Fsp3) is 0.188. The minimum atomic E-state index is -0.300. The van der Waals surface area contributed by atoms with Crippen molar-refractivity contribution in [2.24, 2.45) is 0 Å². The lowest BCUT2D eigenvalue weighted by atomic mass is 10.1. The van der Waals surface area contributed by atoms with Gasteiger partial charge in [-0.05, 0) is 36.8 Å². The maximum Gasteiger partial charge on any atom is 0.319 e. The van der Waals surface area contributed by atoms with E-state index in [1.807, 2.05) is 43.3 Å². The van der Waals surface area contributed by atoms with Crippen molar-refractivity contribution in [2.75, 3.05) is 12.4 Å². The van der Waals surface area contributed by atoms with Crippen LogP contribution >= 0.6 is 11.6 Å². The Bertz CT molecular complexity index is 614. The highest BCUT2D eigenvalue weighted by Crippen LogP contribution is 2.21. The van der Waals surface area contributed by atoms with Gasteiger partial charge in [0.05, 0.1) is 23.9 Å². The van der Waals surface area contributed by atoms with Gasteiger partial charge < -0.3 is 15.4 Å². The molecule has 110 valence electrons. The van der Waals surface area contributed by atoms with Crippen molar-refractivity contribution in [3.05, 3.63) is 59.1 Å². The summed E-state index contributed by atoms with van der Waals surface area (Å²) in [4.78, 5) is 12.0. The van der Waals surface area contributed by atoms with Crippen molar-refractivity contribution in [3.8, 4) is 5.75 Å². The Balaban J connectivity index is 1.97. The van der Waals surface area contributed by atoms with E-state index in [0.717, 1.165) is 11.3 Å². The summed E-state index contributed by atoms with van der Waals surface area (Å²) in [7, 11) is 1.62. The van der Waals surface area contributed by atoms with E-state index in [2.05, 4.69) is 10.6 Å². The van der Waals surface area contributed by atoms with Crippen LogP contribution in [0.1, 0.15) is 18.5 Å². The molecule has 4 nitrogen and oxygen atoms in total. The second kappa shape index (κ2) is 6.99. The van der Waals surface area contributed by atoms with Gasteiger partial charge in [-0.1, -0.05) is 35.9 Å². The summed E-state index contributed by atoms with van der Waals surface area (Å²) in [5.74, 6) is 0.784. The van der Waals surface area contributed by atoms with Crippen LogP contribution in [0.2, 0.25) is 5.02 Å². The Morgan fingerprint density at radius 1 is 1.14 bits per heavy atom. The Hall–Kier alpha value is -2.20. The molecule has 2 amide bonds. The van der Waals surface area contributed by atoms with Crippen LogP contribution in [0.3, 0.4) is 0 Å². The van der Waals surface area contributed by atoms with Gasteiger partial charge in [0.2, 0.25) is 0 Å². The molecule has 0 saturated carbocycles. The molecule has 2 aromatic rings. The molecule has 0 unspecified atom stereocenters. The number of rotatable bonds is 4. The number of carbonyl (C=O) groups excluding carboxylic acids is 1. The van der Waals surface area contributed by atoms with E-state index >= 15 is 0 Å². The first-order valence-electron chi connectivity index (χ1n) is 6.56. The Kier molecular flexibility index (Phi) is 5.06. The van der Waals surface area contributed by atoms with Gasteiger partial charge in [0.1, 0.15) is 5.75 Å². The molecule has 2 rings (SSSR count). The summed E-state index contributed by atoms with van der Waals surface area (Å²) in [6.07, 6.45) is 0. The van der Waals surface area contributed by atoms with Crippen molar-refractivity contribution >= 4 is 23.3 Å². The number of methoxy groups -OCH3 is 1. The number of urea groups is 1. The van der Waals surface area contributed by atoms with Crippen molar-refractivity contribution in [2.45, 2.75) is 13.0 Å². The molecule has 0 spiro atoms. The Morgan fingerprint density at radius 2 is 1.81 bits per heavy atom. The first-order valence-corrected chi connectivity index (χ1v) is 6.94. The molecule has 2 N–H and O–H groups in total. The van der Waals surface area contributed by atoms with E-state index in [9.17, 15) is 4.79 Å². The number of anilines is 1. The summed E-state index contributed by atoms with van der Waals surface area (Å²) < 4.78 is 5.11. The summed E-state index contributed by atoms with van der Waals surface area (Å²) in [5, 5.41) is 6.09. The maximum absolute atomic E-state index is 12.0. The third-order valence-electron chi connectivity index (χ3n) is 3.09. The lowest BCUT2D eigenvalue weighted by Gasteiger charge is -2.16.